The summed E-state index contributed by atoms with van der Waals surface area (Å²) < 4.78 is 39.9. The van der Waals surface area contributed by atoms with Gasteiger partial charge in [0, 0.05) is 0 Å². The van der Waals surface area contributed by atoms with Crippen molar-refractivity contribution in [2.45, 2.75) is 6.18 Å². The third kappa shape index (κ3) is 3.90. The molecule has 0 unspecified atom stereocenters. The number of rotatable bonds is 3. The molecule has 2 nitrogen and oxygen atoms in total. The maximum Gasteiger partial charge on any atom is 0.422 e. The van der Waals surface area contributed by atoms with Gasteiger partial charge in [0.15, 0.2) is 6.61 Å². The summed E-state index contributed by atoms with van der Waals surface area (Å²) in [4.78, 5) is 10.8. The van der Waals surface area contributed by atoms with E-state index in [4.69, 9.17) is 23.2 Å². The molecule has 0 spiro atoms. The van der Waals surface area contributed by atoms with Crippen LogP contribution in [-0.2, 0) is 0 Å². The third-order valence-corrected chi connectivity index (χ3v) is 2.07. The molecular weight excluding hydrogens is 268 g/mol. The summed E-state index contributed by atoms with van der Waals surface area (Å²) in [6.45, 7) is -1.42. The third-order valence-electron chi connectivity index (χ3n) is 1.55. The Morgan fingerprint density at radius 3 is 2.44 bits per heavy atom. The lowest BCUT2D eigenvalue weighted by molar-refractivity contribution is -0.153. The Hall–Kier alpha value is -0.940. The second-order valence-corrected chi connectivity index (χ2v) is 3.57. The summed E-state index contributed by atoms with van der Waals surface area (Å²) in [5.41, 5.74) is 0.0164. The van der Waals surface area contributed by atoms with Crippen molar-refractivity contribution < 1.29 is 22.7 Å². The first-order valence-corrected chi connectivity index (χ1v) is 4.74. The van der Waals surface area contributed by atoms with Crippen LogP contribution in [0.3, 0.4) is 0 Å². The molecule has 7 heteroatoms. The number of hydrogen-bond acceptors (Lipinski definition) is 2. The fraction of sp³-hybridized carbons (Fsp3) is 0.222. The van der Waals surface area contributed by atoms with Gasteiger partial charge in [0.25, 0.3) is 5.24 Å². The molecule has 0 aliphatic rings. The van der Waals surface area contributed by atoms with E-state index in [1.54, 1.807) is 0 Å². The first-order valence-electron chi connectivity index (χ1n) is 3.98. The molecule has 0 amide bonds. The smallest absolute Gasteiger partial charge is 0.422 e. The number of benzene rings is 1. The zero-order chi connectivity index (χ0) is 12.3. The van der Waals surface area contributed by atoms with Crippen LogP contribution < -0.4 is 4.74 Å². The first-order chi connectivity index (χ1) is 7.29. The molecule has 0 saturated heterocycles. The average Bonchev–Trinajstić information content (AvgIpc) is 2.13. The molecule has 0 saturated carbocycles. The van der Waals surface area contributed by atoms with E-state index in [-0.39, 0.29) is 16.3 Å². The molecule has 0 aliphatic heterocycles. The van der Waals surface area contributed by atoms with E-state index in [0.717, 1.165) is 6.07 Å². The topological polar surface area (TPSA) is 26.3 Å². The minimum absolute atomic E-state index is 0.0164. The predicted molar refractivity (Wildman–Crippen MR) is 53.2 cm³/mol. The molecule has 1 rings (SSSR count). The van der Waals surface area contributed by atoms with Gasteiger partial charge >= 0.3 is 6.18 Å². The van der Waals surface area contributed by atoms with Crippen molar-refractivity contribution in [2.75, 3.05) is 6.61 Å². The van der Waals surface area contributed by atoms with E-state index in [2.05, 4.69) is 4.74 Å². The van der Waals surface area contributed by atoms with E-state index in [0.29, 0.717) is 0 Å². The number of carbonyl (C=O) groups is 1. The summed E-state index contributed by atoms with van der Waals surface area (Å²) >= 11 is 10.8. The van der Waals surface area contributed by atoms with Gasteiger partial charge in [-0.05, 0) is 29.8 Å². The van der Waals surface area contributed by atoms with Gasteiger partial charge in [-0.25, -0.2) is 0 Å². The number of hydrogen-bond donors (Lipinski definition) is 0. The summed E-state index contributed by atoms with van der Waals surface area (Å²) in [5.74, 6) is -0.0796. The summed E-state index contributed by atoms with van der Waals surface area (Å²) in [7, 11) is 0. The van der Waals surface area contributed by atoms with E-state index in [9.17, 15) is 18.0 Å². The highest BCUT2D eigenvalue weighted by Gasteiger charge is 2.28. The van der Waals surface area contributed by atoms with Gasteiger partial charge in [-0.2, -0.15) is 13.2 Å². The van der Waals surface area contributed by atoms with Crippen LogP contribution in [0.2, 0.25) is 5.02 Å². The Balaban J connectivity index is 2.78. The second-order valence-electron chi connectivity index (χ2n) is 2.82. The summed E-state index contributed by atoms with van der Waals surface area (Å²) in [6.07, 6.45) is -4.42. The van der Waals surface area contributed by atoms with Gasteiger partial charge in [-0.3, -0.25) is 4.79 Å². The van der Waals surface area contributed by atoms with Crippen LogP contribution in [0, 0.1) is 0 Å². The molecule has 1 aromatic rings. The van der Waals surface area contributed by atoms with Gasteiger partial charge in [0.1, 0.15) is 5.75 Å². The number of halogens is 5. The van der Waals surface area contributed by atoms with Crippen LogP contribution in [0.25, 0.3) is 0 Å². The highest BCUT2D eigenvalue weighted by Crippen LogP contribution is 2.25. The van der Waals surface area contributed by atoms with Crippen molar-refractivity contribution in [1.29, 1.82) is 0 Å². The molecular formula is C9H5Cl2F3O2. The monoisotopic (exact) mass is 272 g/mol. The van der Waals surface area contributed by atoms with Gasteiger partial charge < -0.3 is 4.74 Å². The number of ether oxygens (including phenoxy) is 1. The van der Waals surface area contributed by atoms with Gasteiger partial charge in [0.05, 0.1) is 10.6 Å². The van der Waals surface area contributed by atoms with Gasteiger partial charge in [-0.15, -0.1) is 0 Å². The van der Waals surface area contributed by atoms with E-state index < -0.39 is 18.0 Å². The van der Waals surface area contributed by atoms with Gasteiger partial charge in [-0.1, -0.05) is 11.6 Å². The number of alkyl halides is 3. The van der Waals surface area contributed by atoms with Crippen molar-refractivity contribution in [3.05, 3.63) is 28.8 Å². The molecule has 0 N–H and O–H groups in total. The molecule has 16 heavy (non-hydrogen) atoms. The van der Waals surface area contributed by atoms with E-state index in [1.165, 1.54) is 12.1 Å². The maximum atomic E-state index is 11.8. The highest BCUT2D eigenvalue weighted by atomic mass is 35.5. The molecule has 0 heterocycles. The molecule has 88 valence electrons. The Labute approximate surface area is 98.9 Å². The molecule has 1 aromatic carbocycles. The van der Waals surface area contributed by atoms with Crippen LogP contribution in [0.1, 0.15) is 10.4 Å². The average molecular weight is 273 g/mol. The summed E-state index contributed by atoms with van der Waals surface area (Å²) in [6, 6.07) is 3.49. The molecule has 0 aliphatic carbocycles. The lowest BCUT2D eigenvalue weighted by Gasteiger charge is -2.09. The fourth-order valence-electron chi connectivity index (χ4n) is 0.910. The molecule has 0 radical (unpaired) electrons. The standard InChI is InChI=1S/C9H5Cl2F3O2/c10-7-3-5(16-4-9(12,13)14)1-2-6(7)8(11)15/h1-3H,4H2. The zero-order valence-corrected chi connectivity index (χ0v) is 9.16. The summed E-state index contributed by atoms with van der Waals surface area (Å²) in [5, 5.41) is -0.841. The zero-order valence-electron chi connectivity index (χ0n) is 7.65. The molecule has 0 atom stereocenters. The second kappa shape index (κ2) is 4.93. The fourth-order valence-corrected chi connectivity index (χ4v) is 1.38. The molecule has 0 bridgehead atoms. The van der Waals surface area contributed by atoms with Crippen LogP contribution in [0.5, 0.6) is 5.75 Å². The highest BCUT2D eigenvalue weighted by molar-refractivity contribution is 6.68. The van der Waals surface area contributed by atoms with E-state index >= 15 is 0 Å². The van der Waals surface area contributed by atoms with Crippen molar-refractivity contribution in [3.63, 3.8) is 0 Å². The van der Waals surface area contributed by atoms with Crippen LogP contribution in [0.4, 0.5) is 13.2 Å². The van der Waals surface area contributed by atoms with Crippen LogP contribution in [0.15, 0.2) is 18.2 Å². The van der Waals surface area contributed by atoms with Crippen LogP contribution in [-0.4, -0.2) is 18.0 Å². The first kappa shape index (κ1) is 13.1. The van der Waals surface area contributed by atoms with Crippen LogP contribution >= 0.6 is 23.2 Å². The lowest BCUT2D eigenvalue weighted by Crippen LogP contribution is -2.19. The Morgan fingerprint density at radius 2 is 2.00 bits per heavy atom. The molecule has 0 fully saturated rings. The molecule has 0 aromatic heterocycles. The minimum atomic E-state index is -4.42. The van der Waals surface area contributed by atoms with Crippen molar-refractivity contribution in [3.8, 4) is 5.75 Å². The number of carbonyl (C=O) groups excluding carboxylic acids is 1. The Bertz CT molecular complexity index is 404. The SMILES string of the molecule is O=C(Cl)c1ccc(OCC(F)(F)F)cc1Cl. The quantitative estimate of drug-likeness (QED) is 0.785. The lowest BCUT2D eigenvalue weighted by atomic mass is 10.2. The Kier molecular flexibility index (Phi) is 4.04. The maximum absolute atomic E-state index is 11.8. The van der Waals surface area contributed by atoms with E-state index in [1.807, 2.05) is 0 Å². The van der Waals surface area contributed by atoms with Crippen molar-refractivity contribution >= 4 is 28.4 Å². The van der Waals surface area contributed by atoms with Crippen molar-refractivity contribution in [2.24, 2.45) is 0 Å². The largest absolute Gasteiger partial charge is 0.484 e. The van der Waals surface area contributed by atoms with Crippen molar-refractivity contribution in [1.82, 2.24) is 0 Å². The Morgan fingerprint density at radius 1 is 1.38 bits per heavy atom. The predicted octanol–water partition coefficient (Wildman–Crippen LogP) is 3.66. The normalized spacial score (nSPS) is 11.3. The minimum Gasteiger partial charge on any atom is -0.484 e. The van der Waals surface area contributed by atoms with Gasteiger partial charge in [0.2, 0.25) is 0 Å².